The van der Waals surface area contributed by atoms with Gasteiger partial charge in [-0.05, 0) is 41.6 Å². The third-order valence-electron chi connectivity index (χ3n) is 3.90. The van der Waals surface area contributed by atoms with Gasteiger partial charge >= 0.3 is 0 Å². The van der Waals surface area contributed by atoms with E-state index in [0.717, 1.165) is 38.2 Å². The lowest BCUT2D eigenvalue weighted by molar-refractivity contribution is -0.105. The highest BCUT2D eigenvalue weighted by Gasteiger charge is 2.16. The highest BCUT2D eigenvalue weighted by Crippen LogP contribution is 2.37. The molecule has 1 aliphatic heterocycles. The number of carbonyl (C=O) groups is 1. The van der Waals surface area contributed by atoms with Crippen LogP contribution < -0.4 is 5.32 Å². The highest BCUT2D eigenvalue weighted by molar-refractivity contribution is 7.17. The van der Waals surface area contributed by atoms with Crippen LogP contribution in [-0.2, 0) is 4.79 Å². The molecule has 0 aliphatic carbocycles. The van der Waals surface area contributed by atoms with Gasteiger partial charge in [-0.25, -0.2) is 0 Å². The van der Waals surface area contributed by atoms with E-state index < -0.39 is 0 Å². The highest BCUT2D eigenvalue weighted by atomic mass is 32.1. The van der Waals surface area contributed by atoms with Crippen LogP contribution in [0.5, 0.6) is 0 Å². The summed E-state index contributed by atoms with van der Waals surface area (Å²) in [5, 5.41) is 6.22. The molecule has 0 radical (unpaired) electrons. The molecule has 0 bridgehead atoms. The summed E-state index contributed by atoms with van der Waals surface area (Å²) in [6, 6.07) is 6.07. The third kappa shape index (κ3) is 2.37. The molecule has 20 heavy (non-hydrogen) atoms. The lowest BCUT2D eigenvalue weighted by atomic mass is 9.98. The van der Waals surface area contributed by atoms with Crippen molar-refractivity contribution in [2.24, 2.45) is 0 Å². The Morgan fingerprint density at radius 2 is 2.35 bits per heavy atom. The quantitative estimate of drug-likeness (QED) is 0.871. The van der Waals surface area contributed by atoms with E-state index in [-0.39, 0.29) is 0 Å². The zero-order valence-electron chi connectivity index (χ0n) is 11.6. The number of benzene rings is 1. The molecule has 0 atom stereocenters. The third-order valence-corrected chi connectivity index (χ3v) is 4.85. The Morgan fingerprint density at radius 3 is 3.05 bits per heavy atom. The standard InChI is InChI=1S/C16H18N2OS/c1-2-18-8-6-12(7-9-18)13-10-20-15-5-3-4-14(16(13)15)17-11-19/h3-6,10-11H,2,7-9H2,1H3,(H,17,19). The fourth-order valence-electron chi connectivity index (χ4n) is 2.75. The van der Waals surface area contributed by atoms with Crippen molar-refractivity contribution in [2.45, 2.75) is 13.3 Å². The summed E-state index contributed by atoms with van der Waals surface area (Å²) < 4.78 is 1.23. The van der Waals surface area contributed by atoms with Gasteiger partial charge in [-0.3, -0.25) is 9.69 Å². The van der Waals surface area contributed by atoms with Crippen molar-refractivity contribution in [1.29, 1.82) is 0 Å². The van der Waals surface area contributed by atoms with Crippen molar-refractivity contribution in [1.82, 2.24) is 4.90 Å². The largest absolute Gasteiger partial charge is 0.328 e. The number of fused-ring (bicyclic) bond motifs is 1. The number of thiophene rings is 1. The molecule has 1 aromatic carbocycles. The molecule has 0 saturated carbocycles. The number of likely N-dealkylation sites (N-methyl/N-ethyl adjacent to an activating group) is 1. The van der Waals surface area contributed by atoms with E-state index in [0.29, 0.717) is 0 Å². The second kappa shape index (κ2) is 5.77. The Balaban J connectivity index is 2.04. The van der Waals surface area contributed by atoms with Crippen molar-refractivity contribution < 1.29 is 4.79 Å². The van der Waals surface area contributed by atoms with E-state index in [2.05, 4.69) is 34.7 Å². The van der Waals surface area contributed by atoms with Crippen LogP contribution in [0, 0.1) is 0 Å². The maximum Gasteiger partial charge on any atom is 0.211 e. The minimum absolute atomic E-state index is 0.754. The minimum Gasteiger partial charge on any atom is -0.328 e. The molecule has 3 nitrogen and oxygen atoms in total. The molecule has 4 heteroatoms. The number of hydrogen-bond acceptors (Lipinski definition) is 3. The summed E-state index contributed by atoms with van der Waals surface area (Å²) in [4.78, 5) is 13.2. The van der Waals surface area contributed by atoms with Gasteiger partial charge in [-0.1, -0.05) is 19.1 Å². The maximum atomic E-state index is 10.8. The Hall–Kier alpha value is -1.65. The maximum absolute atomic E-state index is 10.8. The summed E-state index contributed by atoms with van der Waals surface area (Å²) in [5.74, 6) is 0. The number of rotatable bonds is 4. The van der Waals surface area contributed by atoms with Gasteiger partial charge in [0.05, 0.1) is 0 Å². The van der Waals surface area contributed by atoms with Gasteiger partial charge in [0.25, 0.3) is 0 Å². The molecular weight excluding hydrogens is 268 g/mol. The van der Waals surface area contributed by atoms with Gasteiger partial charge in [0.2, 0.25) is 6.41 Å². The second-order valence-corrected chi connectivity index (χ2v) is 5.87. The molecule has 0 spiro atoms. The number of hydrogen-bond donors (Lipinski definition) is 1. The van der Waals surface area contributed by atoms with Crippen molar-refractivity contribution in [3.8, 4) is 0 Å². The molecule has 104 valence electrons. The predicted octanol–water partition coefficient (Wildman–Crippen LogP) is 3.58. The number of carbonyl (C=O) groups excluding carboxylic acids is 1. The van der Waals surface area contributed by atoms with Crippen molar-refractivity contribution in [3.05, 3.63) is 35.2 Å². The molecule has 1 aromatic heterocycles. The fraction of sp³-hybridized carbons (Fsp3) is 0.312. The van der Waals surface area contributed by atoms with Crippen LogP contribution in [0.15, 0.2) is 29.7 Å². The zero-order chi connectivity index (χ0) is 13.9. The molecule has 2 heterocycles. The monoisotopic (exact) mass is 286 g/mol. The first kappa shape index (κ1) is 13.3. The van der Waals surface area contributed by atoms with Crippen molar-refractivity contribution in [2.75, 3.05) is 25.0 Å². The van der Waals surface area contributed by atoms with E-state index in [4.69, 9.17) is 0 Å². The molecule has 1 aliphatic rings. The Morgan fingerprint density at radius 1 is 1.45 bits per heavy atom. The van der Waals surface area contributed by atoms with Gasteiger partial charge in [-0.2, -0.15) is 0 Å². The van der Waals surface area contributed by atoms with Crippen LogP contribution in [-0.4, -0.2) is 30.9 Å². The lowest BCUT2D eigenvalue weighted by Gasteiger charge is -2.24. The number of nitrogens with one attached hydrogen (secondary N) is 1. The number of nitrogens with zero attached hydrogens (tertiary/aromatic N) is 1. The molecule has 0 saturated heterocycles. The average molecular weight is 286 g/mol. The van der Waals surface area contributed by atoms with Crippen LogP contribution >= 0.6 is 11.3 Å². The summed E-state index contributed by atoms with van der Waals surface area (Å²) in [7, 11) is 0. The molecule has 2 aromatic rings. The summed E-state index contributed by atoms with van der Waals surface area (Å²) in [6.45, 7) is 5.44. The van der Waals surface area contributed by atoms with Gasteiger partial charge in [0, 0.05) is 28.9 Å². The topological polar surface area (TPSA) is 32.3 Å². The first-order valence-electron chi connectivity index (χ1n) is 6.95. The summed E-state index contributed by atoms with van der Waals surface area (Å²) in [6.07, 6.45) is 4.16. The van der Waals surface area contributed by atoms with Gasteiger partial charge < -0.3 is 5.32 Å². The van der Waals surface area contributed by atoms with E-state index in [1.54, 1.807) is 11.3 Å². The zero-order valence-corrected chi connectivity index (χ0v) is 12.4. The predicted molar refractivity (Wildman–Crippen MR) is 86.2 cm³/mol. The van der Waals surface area contributed by atoms with Crippen LogP contribution in [0.3, 0.4) is 0 Å². The minimum atomic E-state index is 0.754. The normalized spacial score (nSPS) is 16.1. The van der Waals surface area contributed by atoms with Crippen molar-refractivity contribution >= 4 is 39.1 Å². The Kier molecular flexibility index (Phi) is 3.85. The lowest BCUT2D eigenvalue weighted by Crippen LogP contribution is -2.27. The fourth-order valence-corrected chi connectivity index (χ4v) is 3.76. The van der Waals surface area contributed by atoms with E-state index in [1.165, 1.54) is 21.2 Å². The number of amides is 1. The van der Waals surface area contributed by atoms with E-state index in [1.807, 2.05) is 12.1 Å². The summed E-state index contributed by atoms with van der Waals surface area (Å²) in [5.41, 5.74) is 3.60. The van der Waals surface area contributed by atoms with Crippen LogP contribution in [0.4, 0.5) is 5.69 Å². The molecular formula is C16H18N2OS. The first-order valence-corrected chi connectivity index (χ1v) is 7.83. The van der Waals surface area contributed by atoms with Crippen LogP contribution in [0.2, 0.25) is 0 Å². The van der Waals surface area contributed by atoms with Gasteiger partial charge in [0.1, 0.15) is 0 Å². The number of anilines is 1. The molecule has 0 fully saturated rings. The smallest absolute Gasteiger partial charge is 0.211 e. The molecule has 1 N–H and O–H groups in total. The van der Waals surface area contributed by atoms with Gasteiger partial charge in [-0.15, -0.1) is 11.3 Å². The second-order valence-electron chi connectivity index (χ2n) is 4.96. The SMILES string of the molecule is CCN1CC=C(c2csc3cccc(NC=O)c23)CC1. The Bertz CT molecular complexity index is 660. The van der Waals surface area contributed by atoms with Crippen LogP contribution in [0.25, 0.3) is 15.7 Å². The van der Waals surface area contributed by atoms with Crippen LogP contribution in [0.1, 0.15) is 18.9 Å². The first-order chi connectivity index (χ1) is 9.83. The Labute approximate surface area is 122 Å². The average Bonchev–Trinajstić information content (AvgIpc) is 2.93. The van der Waals surface area contributed by atoms with E-state index >= 15 is 0 Å². The van der Waals surface area contributed by atoms with E-state index in [9.17, 15) is 4.79 Å². The van der Waals surface area contributed by atoms with Gasteiger partial charge in [0.15, 0.2) is 0 Å². The molecule has 1 amide bonds. The molecule has 0 unspecified atom stereocenters. The van der Waals surface area contributed by atoms with Crippen molar-refractivity contribution in [3.63, 3.8) is 0 Å². The summed E-state index contributed by atoms with van der Waals surface area (Å²) >= 11 is 1.74. The molecule has 3 rings (SSSR count).